The molecule has 0 amide bonds. The summed E-state index contributed by atoms with van der Waals surface area (Å²) in [6.45, 7) is 11.3. The van der Waals surface area contributed by atoms with Gasteiger partial charge in [-0.15, -0.1) is 6.58 Å². The van der Waals surface area contributed by atoms with E-state index in [0.29, 0.717) is 12.0 Å². The molecule has 20 heavy (non-hydrogen) atoms. The van der Waals surface area contributed by atoms with Gasteiger partial charge in [-0.05, 0) is 35.4 Å². The first kappa shape index (κ1) is 14.3. The summed E-state index contributed by atoms with van der Waals surface area (Å²) in [5.41, 5.74) is 1.44. The van der Waals surface area contributed by atoms with E-state index in [1.807, 2.05) is 6.08 Å². The molecule has 0 N–H and O–H groups in total. The molecule has 3 rings (SSSR count). The maximum absolute atomic E-state index is 6.12. The Labute approximate surface area is 125 Å². The van der Waals surface area contributed by atoms with Crippen LogP contribution >= 0.6 is 11.3 Å². The second-order valence-electron chi connectivity index (χ2n) is 5.87. The highest BCUT2D eigenvalue weighted by atomic mass is 32.1. The number of hydrogen-bond donors (Lipinski definition) is 0. The predicted octanol–water partition coefficient (Wildman–Crippen LogP) is 2.46. The Kier molecular flexibility index (Phi) is 4.89. The van der Waals surface area contributed by atoms with Crippen LogP contribution in [0.5, 0.6) is 0 Å². The van der Waals surface area contributed by atoms with Gasteiger partial charge in [0.25, 0.3) is 0 Å². The smallest absolute Gasteiger partial charge is 0.0743 e. The maximum Gasteiger partial charge on any atom is 0.0743 e. The fraction of sp³-hybridized carbons (Fsp3) is 0.625. The van der Waals surface area contributed by atoms with Crippen molar-refractivity contribution in [3.63, 3.8) is 0 Å². The van der Waals surface area contributed by atoms with Crippen LogP contribution in [-0.4, -0.2) is 55.2 Å². The van der Waals surface area contributed by atoms with Crippen LogP contribution in [0.25, 0.3) is 0 Å². The molecule has 2 saturated heterocycles. The average molecular weight is 292 g/mol. The fourth-order valence-corrected chi connectivity index (χ4v) is 3.98. The van der Waals surface area contributed by atoms with Gasteiger partial charge in [0.1, 0.15) is 0 Å². The summed E-state index contributed by atoms with van der Waals surface area (Å²) in [6, 6.07) is 2.23. The molecule has 0 aliphatic carbocycles. The molecule has 2 aliphatic heterocycles. The van der Waals surface area contributed by atoms with Crippen molar-refractivity contribution in [1.29, 1.82) is 0 Å². The first-order chi connectivity index (χ1) is 9.85. The monoisotopic (exact) mass is 292 g/mol. The van der Waals surface area contributed by atoms with Gasteiger partial charge < -0.3 is 4.74 Å². The zero-order chi connectivity index (χ0) is 13.8. The Balaban J connectivity index is 1.56. The number of ether oxygens (including phenoxy) is 1. The van der Waals surface area contributed by atoms with Crippen molar-refractivity contribution < 1.29 is 4.74 Å². The molecule has 4 heteroatoms. The average Bonchev–Trinajstić information content (AvgIpc) is 2.86. The van der Waals surface area contributed by atoms with Gasteiger partial charge >= 0.3 is 0 Å². The lowest BCUT2D eigenvalue weighted by molar-refractivity contribution is -0.0241. The third kappa shape index (κ3) is 3.50. The fourth-order valence-electron chi connectivity index (χ4n) is 3.32. The number of likely N-dealkylation sites (tertiary alicyclic amines) is 1. The second-order valence-corrected chi connectivity index (χ2v) is 6.65. The molecular formula is C16H24N2OS. The standard InChI is InChI=1S/C16H24N2OS/c1-2-5-17-7-8-19-16-12-18(6-3-15(16)11-17)10-14-4-9-20-13-14/h2,4,9,13,15-16H,1,3,5-8,10-12H2/t15-,16-/m0/s1. The molecule has 3 heterocycles. The van der Waals surface area contributed by atoms with Gasteiger partial charge in [0.15, 0.2) is 0 Å². The molecule has 0 bridgehead atoms. The van der Waals surface area contributed by atoms with Gasteiger partial charge in [-0.3, -0.25) is 9.80 Å². The third-order valence-corrected chi connectivity index (χ3v) is 5.12. The van der Waals surface area contributed by atoms with Crippen LogP contribution in [-0.2, 0) is 11.3 Å². The maximum atomic E-state index is 6.12. The highest BCUT2D eigenvalue weighted by molar-refractivity contribution is 7.07. The lowest BCUT2D eigenvalue weighted by atomic mass is 9.93. The lowest BCUT2D eigenvalue weighted by Crippen LogP contribution is -2.46. The Bertz CT molecular complexity index is 420. The van der Waals surface area contributed by atoms with Gasteiger partial charge in [-0.25, -0.2) is 0 Å². The predicted molar refractivity (Wildman–Crippen MR) is 84.1 cm³/mol. The number of rotatable bonds is 4. The van der Waals surface area contributed by atoms with E-state index in [1.54, 1.807) is 11.3 Å². The molecule has 2 fully saturated rings. The molecule has 0 saturated carbocycles. The lowest BCUT2D eigenvalue weighted by Gasteiger charge is -2.37. The summed E-state index contributed by atoms with van der Waals surface area (Å²) in [4.78, 5) is 5.03. The summed E-state index contributed by atoms with van der Waals surface area (Å²) in [6.07, 6.45) is 3.67. The molecule has 0 aromatic carbocycles. The van der Waals surface area contributed by atoms with E-state index < -0.39 is 0 Å². The minimum Gasteiger partial charge on any atom is -0.375 e. The number of piperidine rings is 1. The highest BCUT2D eigenvalue weighted by Gasteiger charge is 2.32. The van der Waals surface area contributed by atoms with Crippen molar-refractivity contribution in [2.45, 2.75) is 19.1 Å². The number of fused-ring (bicyclic) bond motifs is 1. The Morgan fingerprint density at radius 1 is 1.35 bits per heavy atom. The molecule has 2 atom stereocenters. The highest BCUT2D eigenvalue weighted by Crippen LogP contribution is 2.25. The van der Waals surface area contributed by atoms with Crippen LogP contribution in [0.15, 0.2) is 29.5 Å². The summed E-state index contributed by atoms with van der Waals surface area (Å²) in [5.74, 6) is 0.691. The number of thiophene rings is 1. The molecule has 0 unspecified atom stereocenters. The van der Waals surface area contributed by atoms with Crippen molar-refractivity contribution in [1.82, 2.24) is 9.80 Å². The molecule has 1 aromatic heterocycles. The topological polar surface area (TPSA) is 15.7 Å². The number of nitrogens with zero attached hydrogens (tertiary/aromatic N) is 2. The third-order valence-electron chi connectivity index (χ3n) is 4.39. The summed E-state index contributed by atoms with van der Waals surface area (Å²) in [5, 5.41) is 4.42. The van der Waals surface area contributed by atoms with Crippen LogP contribution in [0.2, 0.25) is 0 Å². The first-order valence-corrected chi connectivity index (χ1v) is 8.47. The summed E-state index contributed by atoms with van der Waals surface area (Å²) in [7, 11) is 0. The van der Waals surface area contributed by atoms with Crippen molar-refractivity contribution in [3.8, 4) is 0 Å². The van der Waals surface area contributed by atoms with Gasteiger partial charge in [-0.2, -0.15) is 11.3 Å². The van der Waals surface area contributed by atoms with E-state index in [9.17, 15) is 0 Å². The first-order valence-electron chi connectivity index (χ1n) is 7.53. The normalized spacial score (nSPS) is 28.8. The molecule has 110 valence electrons. The van der Waals surface area contributed by atoms with E-state index in [4.69, 9.17) is 4.74 Å². The van der Waals surface area contributed by atoms with Crippen LogP contribution < -0.4 is 0 Å². The molecule has 0 spiro atoms. The van der Waals surface area contributed by atoms with E-state index in [-0.39, 0.29) is 0 Å². The van der Waals surface area contributed by atoms with E-state index in [1.165, 1.54) is 25.1 Å². The Hall–Kier alpha value is -0.680. The van der Waals surface area contributed by atoms with Crippen LogP contribution in [0.1, 0.15) is 12.0 Å². The minimum absolute atomic E-state index is 0.414. The van der Waals surface area contributed by atoms with Crippen molar-refractivity contribution >= 4 is 11.3 Å². The zero-order valence-electron chi connectivity index (χ0n) is 12.0. The van der Waals surface area contributed by atoms with Crippen LogP contribution in [0.3, 0.4) is 0 Å². The molecule has 2 aliphatic rings. The molecule has 1 aromatic rings. The van der Waals surface area contributed by atoms with Gasteiger partial charge in [0.2, 0.25) is 0 Å². The molecule has 0 radical (unpaired) electrons. The van der Waals surface area contributed by atoms with Crippen LogP contribution in [0, 0.1) is 5.92 Å². The molecular weight excluding hydrogens is 268 g/mol. The summed E-state index contributed by atoms with van der Waals surface area (Å²) >= 11 is 1.79. The van der Waals surface area contributed by atoms with Gasteiger partial charge in [-0.1, -0.05) is 6.08 Å². The van der Waals surface area contributed by atoms with E-state index >= 15 is 0 Å². The van der Waals surface area contributed by atoms with Crippen LogP contribution in [0.4, 0.5) is 0 Å². The minimum atomic E-state index is 0.414. The van der Waals surface area contributed by atoms with Crippen molar-refractivity contribution in [2.75, 3.05) is 39.3 Å². The zero-order valence-corrected chi connectivity index (χ0v) is 12.9. The Morgan fingerprint density at radius 2 is 2.30 bits per heavy atom. The molecule has 3 nitrogen and oxygen atoms in total. The SMILES string of the molecule is C=CCN1CCO[C@H]2CN(Cc3ccsc3)CC[C@H]2C1. The second kappa shape index (κ2) is 6.85. The Morgan fingerprint density at radius 3 is 3.10 bits per heavy atom. The van der Waals surface area contributed by atoms with E-state index in [2.05, 4.69) is 33.2 Å². The summed E-state index contributed by atoms with van der Waals surface area (Å²) < 4.78 is 6.12. The van der Waals surface area contributed by atoms with Crippen molar-refractivity contribution in [2.24, 2.45) is 5.92 Å². The quantitative estimate of drug-likeness (QED) is 0.793. The number of hydrogen-bond acceptors (Lipinski definition) is 4. The largest absolute Gasteiger partial charge is 0.375 e. The van der Waals surface area contributed by atoms with Gasteiger partial charge in [0, 0.05) is 38.6 Å². The van der Waals surface area contributed by atoms with Crippen molar-refractivity contribution in [3.05, 3.63) is 35.0 Å². The van der Waals surface area contributed by atoms with E-state index in [0.717, 1.165) is 32.8 Å². The van der Waals surface area contributed by atoms with Gasteiger partial charge in [0.05, 0.1) is 12.7 Å².